The Labute approximate surface area is 184 Å². The number of benzene rings is 2. The summed E-state index contributed by atoms with van der Waals surface area (Å²) in [6.45, 7) is 0.760. The highest BCUT2D eigenvalue weighted by Crippen LogP contribution is 2.32. The fraction of sp³-hybridized carbons (Fsp3) is 0.300. The number of H-pyrrole nitrogens is 1. The molecule has 0 bridgehead atoms. The minimum absolute atomic E-state index is 0.00226. The van der Waals surface area contributed by atoms with Crippen LogP contribution in [0.4, 0.5) is 5.95 Å². The maximum atomic E-state index is 13.0. The van der Waals surface area contributed by atoms with Gasteiger partial charge in [-0.15, -0.1) is 0 Å². The highest BCUT2D eigenvalue weighted by molar-refractivity contribution is 7.98. The zero-order chi connectivity index (χ0) is 21.8. The number of nitrogens with zero attached hydrogens (tertiary/aromatic N) is 1. The van der Waals surface area contributed by atoms with Crippen molar-refractivity contribution in [2.45, 2.75) is 17.4 Å². The third-order valence-corrected chi connectivity index (χ3v) is 6.79. The third kappa shape index (κ3) is 4.94. The average Bonchev–Trinajstić information content (AvgIpc) is 3.18. The molecule has 0 spiro atoms. The van der Waals surface area contributed by atoms with Crippen LogP contribution in [0, 0.1) is 0 Å². The molecule has 2 aromatic carbocycles. The van der Waals surface area contributed by atoms with Crippen LogP contribution in [0.1, 0.15) is 6.42 Å². The van der Waals surface area contributed by atoms with Gasteiger partial charge >= 0.3 is 0 Å². The quantitative estimate of drug-likeness (QED) is 0.470. The Bertz CT molecular complexity index is 1160. The second-order valence-electron chi connectivity index (χ2n) is 6.85. The summed E-state index contributed by atoms with van der Waals surface area (Å²) >= 11 is 1.52. The van der Waals surface area contributed by atoms with Crippen LogP contribution in [0.3, 0.4) is 0 Å². The number of amides is 1. The van der Waals surface area contributed by atoms with Crippen molar-refractivity contribution >= 4 is 44.7 Å². The van der Waals surface area contributed by atoms with E-state index in [1.54, 1.807) is 6.07 Å². The van der Waals surface area contributed by atoms with E-state index in [0.29, 0.717) is 42.4 Å². The van der Waals surface area contributed by atoms with Crippen LogP contribution in [0.2, 0.25) is 0 Å². The van der Waals surface area contributed by atoms with E-state index in [1.807, 2.05) is 30.5 Å². The van der Waals surface area contributed by atoms with Crippen molar-refractivity contribution in [3.8, 4) is 11.5 Å². The number of nitrogens with one attached hydrogen (secondary N) is 3. The predicted molar refractivity (Wildman–Crippen MR) is 119 cm³/mol. The number of aromatic amines is 1. The third-order valence-electron chi connectivity index (χ3n) is 4.68. The number of rotatable bonds is 8. The number of thioether (sulfide) groups is 1. The lowest BCUT2D eigenvalue weighted by atomic mass is 10.2. The first-order chi connectivity index (χ1) is 15.0. The molecule has 2 heterocycles. The fourth-order valence-corrected chi connectivity index (χ4v) is 4.86. The highest BCUT2D eigenvalue weighted by Gasteiger charge is 2.27. The topological polar surface area (TPSA) is 122 Å². The number of fused-ring (bicyclic) bond motifs is 2. The Hall–Kier alpha value is -2.76. The first-order valence-corrected chi connectivity index (χ1v) is 12.5. The maximum Gasteiger partial charge on any atom is 0.244 e. The smallest absolute Gasteiger partial charge is 0.244 e. The lowest BCUT2D eigenvalue weighted by Crippen LogP contribution is -2.44. The predicted octanol–water partition coefficient (Wildman–Crippen LogP) is 2.37. The minimum atomic E-state index is -3.97. The van der Waals surface area contributed by atoms with Crippen molar-refractivity contribution in [1.29, 1.82) is 0 Å². The van der Waals surface area contributed by atoms with E-state index < -0.39 is 22.0 Å². The van der Waals surface area contributed by atoms with Crippen molar-refractivity contribution in [3.63, 3.8) is 0 Å². The standard InChI is InChI=1S/C20H22N4O5S2/c1-30-11-8-16(19(25)23-20-21-14-4-2-3-5-15(14)22-20)24-31(26,27)13-6-7-17-18(12-13)29-10-9-28-17/h2-7,12,16,24H,8-11H2,1H3,(H2,21,22,23,25). The normalized spacial score (nSPS) is 14.4. The molecule has 0 saturated heterocycles. The number of aromatic nitrogens is 2. The number of sulfonamides is 1. The van der Waals surface area contributed by atoms with Gasteiger partial charge in [0.05, 0.1) is 15.9 Å². The molecule has 1 atom stereocenters. The van der Waals surface area contributed by atoms with Crippen LogP contribution >= 0.6 is 11.8 Å². The molecule has 1 unspecified atom stereocenters. The molecule has 9 nitrogen and oxygen atoms in total. The first-order valence-electron chi connectivity index (χ1n) is 9.63. The molecule has 31 heavy (non-hydrogen) atoms. The molecule has 3 aromatic rings. The summed E-state index contributed by atoms with van der Waals surface area (Å²) in [4.78, 5) is 20.2. The molecule has 0 fully saturated rings. The minimum Gasteiger partial charge on any atom is -0.486 e. The van der Waals surface area contributed by atoms with Crippen LogP contribution in [0.5, 0.6) is 11.5 Å². The summed E-state index contributed by atoms with van der Waals surface area (Å²) in [5.74, 6) is 1.23. The molecule has 1 aromatic heterocycles. The average molecular weight is 463 g/mol. The molecule has 1 aliphatic heterocycles. The molecule has 0 aliphatic carbocycles. The Morgan fingerprint density at radius 1 is 1.19 bits per heavy atom. The van der Waals surface area contributed by atoms with Gasteiger partial charge < -0.3 is 14.5 Å². The van der Waals surface area contributed by atoms with E-state index >= 15 is 0 Å². The van der Waals surface area contributed by atoms with Gasteiger partial charge in [0.15, 0.2) is 11.5 Å². The molecule has 1 amide bonds. The number of para-hydroxylation sites is 2. The van der Waals surface area contributed by atoms with Gasteiger partial charge in [0.2, 0.25) is 21.9 Å². The Kier molecular flexibility index (Phi) is 6.35. The molecule has 0 saturated carbocycles. The van der Waals surface area contributed by atoms with E-state index in [-0.39, 0.29) is 10.8 Å². The van der Waals surface area contributed by atoms with E-state index in [4.69, 9.17) is 9.47 Å². The second-order valence-corrected chi connectivity index (χ2v) is 9.55. The van der Waals surface area contributed by atoms with Crippen LogP contribution in [0.25, 0.3) is 11.0 Å². The lowest BCUT2D eigenvalue weighted by molar-refractivity contribution is -0.117. The molecular formula is C20H22N4O5S2. The largest absolute Gasteiger partial charge is 0.486 e. The van der Waals surface area contributed by atoms with Gasteiger partial charge in [-0.3, -0.25) is 10.1 Å². The Morgan fingerprint density at radius 2 is 1.97 bits per heavy atom. The zero-order valence-corrected chi connectivity index (χ0v) is 18.4. The van der Waals surface area contributed by atoms with Crippen molar-refractivity contribution < 1.29 is 22.7 Å². The summed E-state index contributed by atoms with van der Waals surface area (Å²) in [7, 11) is -3.97. The van der Waals surface area contributed by atoms with E-state index in [9.17, 15) is 13.2 Å². The van der Waals surface area contributed by atoms with Gasteiger partial charge in [0.1, 0.15) is 19.3 Å². The van der Waals surface area contributed by atoms with Gasteiger partial charge in [0, 0.05) is 6.07 Å². The molecule has 0 radical (unpaired) electrons. The van der Waals surface area contributed by atoms with Gasteiger partial charge in [-0.05, 0) is 42.7 Å². The summed E-state index contributed by atoms with van der Waals surface area (Å²) < 4.78 is 39.4. The summed E-state index contributed by atoms with van der Waals surface area (Å²) in [5.41, 5.74) is 1.48. The van der Waals surface area contributed by atoms with E-state index in [2.05, 4.69) is 20.0 Å². The fourth-order valence-electron chi connectivity index (χ4n) is 3.14. The van der Waals surface area contributed by atoms with Gasteiger partial charge in [-0.2, -0.15) is 16.5 Å². The number of carbonyl (C=O) groups excluding carboxylic acids is 1. The Balaban J connectivity index is 1.53. The molecular weight excluding hydrogens is 440 g/mol. The number of anilines is 1. The van der Waals surface area contributed by atoms with Crippen LogP contribution in [0.15, 0.2) is 47.4 Å². The van der Waals surface area contributed by atoms with Crippen molar-refractivity contribution in [3.05, 3.63) is 42.5 Å². The zero-order valence-electron chi connectivity index (χ0n) is 16.8. The number of hydrogen-bond acceptors (Lipinski definition) is 7. The molecule has 3 N–H and O–H groups in total. The van der Waals surface area contributed by atoms with Crippen molar-refractivity contribution in [1.82, 2.24) is 14.7 Å². The van der Waals surface area contributed by atoms with Crippen LogP contribution in [-0.2, 0) is 14.8 Å². The van der Waals surface area contributed by atoms with Crippen molar-refractivity contribution in [2.75, 3.05) is 30.5 Å². The summed E-state index contributed by atoms with van der Waals surface area (Å²) in [5, 5.41) is 2.68. The Morgan fingerprint density at radius 3 is 2.74 bits per heavy atom. The number of carbonyl (C=O) groups is 1. The molecule has 164 valence electrons. The maximum absolute atomic E-state index is 13.0. The van der Waals surface area contributed by atoms with Crippen LogP contribution in [-0.4, -0.2) is 55.6 Å². The molecule has 4 rings (SSSR count). The highest BCUT2D eigenvalue weighted by atomic mass is 32.2. The first kappa shape index (κ1) is 21.5. The number of imidazole rings is 1. The van der Waals surface area contributed by atoms with E-state index in [0.717, 1.165) is 5.52 Å². The monoisotopic (exact) mass is 462 g/mol. The van der Waals surface area contributed by atoms with Gasteiger partial charge in [-0.1, -0.05) is 12.1 Å². The second kappa shape index (κ2) is 9.16. The summed E-state index contributed by atoms with van der Waals surface area (Å²) in [6.07, 6.45) is 2.21. The number of hydrogen-bond donors (Lipinski definition) is 3. The lowest BCUT2D eigenvalue weighted by Gasteiger charge is -2.20. The van der Waals surface area contributed by atoms with Gasteiger partial charge in [0.25, 0.3) is 0 Å². The van der Waals surface area contributed by atoms with E-state index in [1.165, 1.54) is 23.9 Å². The SMILES string of the molecule is CSCCC(NS(=O)(=O)c1ccc2c(c1)OCCO2)C(=O)Nc1nc2ccccc2[nH]1. The molecule has 1 aliphatic rings. The van der Waals surface area contributed by atoms with Crippen LogP contribution < -0.4 is 19.5 Å². The number of ether oxygens (including phenoxy) is 2. The summed E-state index contributed by atoms with van der Waals surface area (Å²) in [6, 6.07) is 10.8. The van der Waals surface area contributed by atoms with Crippen molar-refractivity contribution in [2.24, 2.45) is 0 Å². The molecule has 11 heteroatoms. The van der Waals surface area contributed by atoms with Gasteiger partial charge in [-0.25, -0.2) is 13.4 Å².